The van der Waals surface area contributed by atoms with E-state index in [1.165, 1.54) is 5.56 Å². The molecule has 178 valence electrons. The average Bonchev–Trinajstić information content (AvgIpc) is 3.24. The number of fused-ring (bicyclic) bond motifs is 1. The normalized spacial score (nSPS) is 15.0. The van der Waals surface area contributed by atoms with E-state index in [0.29, 0.717) is 40.5 Å². The van der Waals surface area contributed by atoms with Gasteiger partial charge in [0.15, 0.2) is 11.5 Å². The predicted molar refractivity (Wildman–Crippen MR) is 133 cm³/mol. The molecule has 1 aromatic heterocycles. The molecule has 0 radical (unpaired) electrons. The summed E-state index contributed by atoms with van der Waals surface area (Å²) in [5.74, 6) is 2.18. The average molecular weight is 480 g/mol. The van der Waals surface area contributed by atoms with Crippen molar-refractivity contribution >= 4 is 23.6 Å². The molecule has 1 amide bonds. The molecule has 0 spiro atoms. The summed E-state index contributed by atoms with van der Waals surface area (Å²) in [6.07, 6.45) is 1.80. The van der Waals surface area contributed by atoms with E-state index in [-0.39, 0.29) is 0 Å². The van der Waals surface area contributed by atoms with Crippen molar-refractivity contribution in [3.05, 3.63) is 70.9 Å². The molecule has 0 saturated heterocycles. The molecule has 1 aliphatic rings. The van der Waals surface area contributed by atoms with Crippen LogP contribution in [0.25, 0.3) is 0 Å². The fraction of sp³-hybridized carbons (Fsp3) is 0.320. The molecule has 0 aliphatic carbocycles. The van der Waals surface area contributed by atoms with Crippen molar-refractivity contribution in [3.8, 4) is 11.5 Å². The number of allylic oxidation sites excluding steroid dienone is 1. The Morgan fingerprint density at radius 1 is 1.21 bits per heavy atom. The second-order valence-electron chi connectivity index (χ2n) is 7.94. The maximum absolute atomic E-state index is 12.4. The second kappa shape index (κ2) is 10.6. The zero-order valence-corrected chi connectivity index (χ0v) is 20.4. The van der Waals surface area contributed by atoms with Crippen molar-refractivity contribution in [1.29, 1.82) is 0 Å². The molecule has 2 aromatic carbocycles. The zero-order chi connectivity index (χ0) is 24.1. The van der Waals surface area contributed by atoms with Crippen molar-refractivity contribution in [1.82, 2.24) is 14.8 Å². The Morgan fingerprint density at radius 3 is 2.71 bits per heavy atom. The first-order valence-electron chi connectivity index (χ1n) is 11.2. The second-order valence-corrected chi connectivity index (χ2v) is 9.00. The predicted octanol–water partition coefficient (Wildman–Crippen LogP) is 4.18. The highest BCUT2D eigenvalue weighted by atomic mass is 32.2. The first-order valence-corrected chi connectivity index (χ1v) is 12.2. The topological polar surface area (TPSA) is 104 Å². The first kappa shape index (κ1) is 23.7. The third-order valence-electron chi connectivity index (χ3n) is 5.53. The molecular weight excluding hydrogens is 450 g/mol. The standard InChI is InChI=1S/C25H29N5O3S/c1-4-14-34-25-28-24-27-16(2)21(23(26)31)22(30(24)29-25)18-10-11-19(20(15-18)32-3)33-13-12-17-8-6-5-7-9-17/h5-11,15,22H,4,12-14H2,1-3H3,(H2,26,31)(H,27,28,29). The highest BCUT2D eigenvalue weighted by Gasteiger charge is 2.33. The van der Waals surface area contributed by atoms with Crippen LogP contribution in [0.2, 0.25) is 0 Å². The molecule has 0 saturated carbocycles. The van der Waals surface area contributed by atoms with E-state index in [0.717, 1.165) is 24.2 Å². The van der Waals surface area contributed by atoms with Gasteiger partial charge in [0.05, 0.1) is 19.3 Å². The Bertz CT molecular complexity index is 1190. The summed E-state index contributed by atoms with van der Waals surface area (Å²) in [5, 5.41) is 8.49. The number of nitrogens with zero attached hydrogens (tertiary/aromatic N) is 3. The van der Waals surface area contributed by atoms with E-state index in [2.05, 4.69) is 34.5 Å². The van der Waals surface area contributed by atoms with Gasteiger partial charge in [0, 0.05) is 17.9 Å². The number of amides is 1. The minimum Gasteiger partial charge on any atom is -0.493 e. The Labute approximate surface area is 203 Å². The van der Waals surface area contributed by atoms with Crippen LogP contribution in [0.1, 0.15) is 37.4 Å². The van der Waals surface area contributed by atoms with E-state index in [4.69, 9.17) is 15.2 Å². The number of hydrogen-bond acceptors (Lipinski definition) is 7. The summed E-state index contributed by atoms with van der Waals surface area (Å²) in [6, 6.07) is 15.3. The number of carbonyl (C=O) groups is 1. The van der Waals surface area contributed by atoms with Crippen LogP contribution >= 0.6 is 11.8 Å². The lowest BCUT2D eigenvalue weighted by molar-refractivity contribution is -0.115. The zero-order valence-electron chi connectivity index (χ0n) is 19.6. The number of methoxy groups -OCH3 is 1. The molecule has 1 unspecified atom stereocenters. The number of aromatic nitrogens is 3. The van der Waals surface area contributed by atoms with Crippen molar-refractivity contribution in [2.45, 2.75) is 37.9 Å². The van der Waals surface area contributed by atoms with E-state index in [9.17, 15) is 4.79 Å². The fourth-order valence-electron chi connectivity index (χ4n) is 3.91. The molecule has 34 heavy (non-hydrogen) atoms. The third kappa shape index (κ3) is 5.04. The van der Waals surface area contributed by atoms with Crippen LogP contribution in [0.5, 0.6) is 11.5 Å². The molecule has 3 N–H and O–H groups in total. The number of thioether (sulfide) groups is 1. The van der Waals surface area contributed by atoms with E-state index in [1.54, 1.807) is 23.6 Å². The number of nitrogens with one attached hydrogen (secondary N) is 1. The summed E-state index contributed by atoms with van der Waals surface area (Å²) in [5.41, 5.74) is 8.89. The maximum atomic E-state index is 12.4. The van der Waals surface area contributed by atoms with Gasteiger partial charge < -0.3 is 20.5 Å². The van der Waals surface area contributed by atoms with Crippen LogP contribution in [0.4, 0.5) is 5.95 Å². The fourth-order valence-corrected chi connectivity index (χ4v) is 4.59. The Morgan fingerprint density at radius 2 is 2.00 bits per heavy atom. The molecule has 3 aromatic rings. The molecule has 4 rings (SSSR count). The summed E-state index contributed by atoms with van der Waals surface area (Å²) in [7, 11) is 1.60. The summed E-state index contributed by atoms with van der Waals surface area (Å²) >= 11 is 1.58. The Balaban J connectivity index is 1.63. The maximum Gasteiger partial charge on any atom is 0.248 e. The Kier molecular flexibility index (Phi) is 7.42. The van der Waals surface area contributed by atoms with Gasteiger partial charge in [-0.1, -0.05) is 55.1 Å². The molecule has 8 nitrogen and oxygen atoms in total. The molecule has 2 heterocycles. The Hall–Kier alpha value is -3.46. The van der Waals surface area contributed by atoms with E-state index < -0.39 is 11.9 Å². The number of anilines is 1. The van der Waals surface area contributed by atoms with Crippen LogP contribution < -0.4 is 20.5 Å². The molecule has 1 atom stereocenters. The lowest BCUT2D eigenvalue weighted by Crippen LogP contribution is -2.31. The number of ether oxygens (including phenoxy) is 2. The summed E-state index contributed by atoms with van der Waals surface area (Å²) in [4.78, 5) is 17.0. The smallest absolute Gasteiger partial charge is 0.248 e. The molecular formula is C25H29N5O3S. The van der Waals surface area contributed by atoms with Crippen LogP contribution in [0.15, 0.2) is 65.0 Å². The highest BCUT2D eigenvalue weighted by molar-refractivity contribution is 7.99. The van der Waals surface area contributed by atoms with Gasteiger partial charge in [0.25, 0.3) is 0 Å². The van der Waals surface area contributed by atoms with Crippen molar-refractivity contribution < 1.29 is 14.3 Å². The van der Waals surface area contributed by atoms with Crippen LogP contribution in [0.3, 0.4) is 0 Å². The molecule has 0 bridgehead atoms. The third-order valence-corrected chi connectivity index (χ3v) is 6.57. The van der Waals surface area contributed by atoms with Crippen LogP contribution in [0, 0.1) is 0 Å². The van der Waals surface area contributed by atoms with Gasteiger partial charge in [-0.3, -0.25) is 4.79 Å². The number of hydrogen-bond donors (Lipinski definition) is 2. The first-order chi connectivity index (χ1) is 16.5. The number of nitrogens with two attached hydrogens (primary N) is 1. The number of primary amides is 1. The minimum absolute atomic E-state index is 0.434. The number of benzene rings is 2. The van der Waals surface area contributed by atoms with Crippen LogP contribution in [-0.4, -0.2) is 40.1 Å². The minimum atomic E-state index is -0.524. The lowest BCUT2D eigenvalue weighted by atomic mass is 9.95. The van der Waals surface area contributed by atoms with Crippen molar-refractivity contribution in [2.75, 3.05) is 24.8 Å². The van der Waals surface area contributed by atoms with Crippen molar-refractivity contribution in [2.24, 2.45) is 5.73 Å². The van der Waals surface area contributed by atoms with Gasteiger partial charge in [0.2, 0.25) is 17.0 Å². The monoisotopic (exact) mass is 479 g/mol. The quantitative estimate of drug-likeness (QED) is 0.420. The molecule has 9 heteroatoms. The highest BCUT2D eigenvalue weighted by Crippen LogP contribution is 2.39. The molecule has 1 aliphatic heterocycles. The summed E-state index contributed by atoms with van der Waals surface area (Å²) in [6.45, 7) is 4.45. The SMILES string of the molecule is CCCSc1nc2n(n1)C(c1ccc(OCCc3ccccc3)c(OC)c1)C(C(N)=O)=C(C)N2. The number of rotatable bonds is 10. The van der Waals surface area contributed by atoms with E-state index >= 15 is 0 Å². The van der Waals surface area contributed by atoms with E-state index in [1.807, 2.05) is 43.3 Å². The molecule has 0 fully saturated rings. The van der Waals surface area contributed by atoms with Gasteiger partial charge in [-0.2, -0.15) is 4.98 Å². The van der Waals surface area contributed by atoms with Crippen molar-refractivity contribution in [3.63, 3.8) is 0 Å². The van der Waals surface area contributed by atoms with Gasteiger partial charge >= 0.3 is 0 Å². The van der Waals surface area contributed by atoms with Gasteiger partial charge in [-0.25, -0.2) is 4.68 Å². The van der Waals surface area contributed by atoms with Gasteiger partial charge in [-0.05, 0) is 36.6 Å². The lowest BCUT2D eigenvalue weighted by Gasteiger charge is -2.28. The van der Waals surface area contributed by atoms with Gasteiger partial charge in [-0.15, -0.1) is 5.10 Å². The van der Waals surface area contributed by atoms with Crippen LogP contribution in [-0.2, 0) is 11.2 Å². The largest absolute Gasteiger partial charge is 0.493 e. The van der Waals surface area contributed by atoms with Gasteiger partial charge in [0.1, 0.15) is 6.04 Å². The summed E-state index contributed by atoms with van der Waals surface area (Å²) < 4.78 is 13.4. The number of carbonyl (C=O) groups excluding carboxylic acids is 1.